The molecule has 0 radical (unpaired) electrons. The van der Waals surface area contributed by atoms with E-state index in [4.69, 9.17) is 28.9 Å². The molecule has 0 spiro atoms. The summed E-state index contributed by atoms with van der Waals surface area (Å²) in [6.07, 6.45) is 0. The number of alkyl halides is 1. The molecule has 4 heteroatoms. The average Bonchev–Trinajstić information content (AvgIpc) is 2.05. The van der Waals surface area contributed by atoms with Crippen LogP contribution < -0.4 is 5.73 Å². The number of nitrogens with two attached hydrogens (primary N) is 1. The van der Waals surface area contributed by atoms with Gasteiger partial charge in [-0.2, -0.15) is 0 Å². The molecule has 1 unspecified atom stereocenters. The zero-order valence-corrected chi connectivity index (χ0v) is 8.66. The fraction of sp³-hybridized carbons (Fsp3) is 0.250. The highest BCUT2D eigenvalue weighted by molar-refractivity contribution is 6.30. The minimum absolute atomic E-state index is 0. The summed E-state index contributed by atoms with van der Waals surface area (Å²) in [6, 6.07) is 7.38. The van der Waals surface area contributed by atoms with E-state index in [1.54, 1.807) is 0 Å². The molecule has 0 heterocycles. The van der Waals surface area contributed by atoms with Gasteiger partial charge in [0.1, 0.15) is 0 Å². The highest BCUT2D eigenvalue weighted by atomic mass is 35.5. The summed E-state index contributed by atoms with van der Waals surface area (Å²) in [5.74, 6) is 0. The molecule has 0 aromatic heterocycles. The Bertz CT molecular complexity index is 222. The van der Waals surface area contributed by atoms with Crippen LogP contribution in [0.4, 0.5) is 0 Å². The van der Waals surface area contributed by atoms with Crippen LogP contribution in [-0.4, -0.2) is 6.54 Å². The zero-order chi connectivity index (χ0) is 8.27. The minimum Gasteiger partial charge on any atom is -0.329 e. The summed E-state index contributed by atoms with van der Waals surface area (Å²) < 4.78 is 0. The summed E-state index contributed by atoms with van der Waals surface area (Å²) >= 11 is 11.6. The van der Waals surface area contributed by atoms with Crippen molar-refractivity contribution < 1.29 is 0 Å². The molecule has 0 aliphatic heterocycles. The maximum atomic E-state index is 5.87. The summed E-state index contributed by atoms with van der Waals surface area (Å²) in [5, 5.41) is 0.613. The highest BCUT2D eigenvalue weighted by Gasteiger charge is 2.03. The van der Waals surface area contributed by atoms with Gasteiger partial charge in [-0.15, -0.1) is 24.0 Å². The van der Waals surface area contributed by atoms with Crippen molar-refractivity contribution in [2.24, 2.45) is 5.73 Å². The Morgan fingerprint density at radius 3 is 2.17 bits per heavy atom. The SMILES string of the molecule is Cl.NCC(Cl)c1ccc(Cl)cc1. The molecule has 1 atom stereocenters. The van der Waals surface area contributed by atoms with Gasteiger partial charge in [-0.3, -0.25) is 0 Å². The van der Waals surface area contributed by atoms with Crippen LogP contribution in [0, 0.1) is 0 Å². The van der Waals surface area contributed by atoms with Gasteiger partial charge in [-0.25, -0.2) is 0 Å². The summed E-state index contributed by atoms with van der Waals surface area (Å²) in [5.41, 5.74) is 6.39. The molecule has 1 aromatic rings. The number of rotatable bonds is 2. The Morgan fingerprint density at radius 1 is 1.25 bits per heavy atom. The second-order valence-electron chi connectivity index (χ2n) is 2.25. The smallest absolute Gasteiger partial charge is 0.0707 e. The van der Waals surface area contributed by atoms with Gasteiger partial charge in [0.2, 0.25) is 0 Å². The Labute approximate surface area is 88.3 Å². The van der Waals surface area contributed by atoms with Gasteiger partial charge in [0, 0.05) is 11.6 Å². The van der Waals surface area contributed by atoms with Gasteiger partial charge >= 0.3 is 0 Å². The third-order valence-corrected chi connectivity index (χ3v) is 2.12. The van der Waals surface area contributed by atoms with E-state index in [-0.39, 0.29) is 17.8 Å². The van der Waals surface area contributed by atoms with Gasteiger partial charge in [0.25, 0.3) is 0 Å². The largest absolute Gasteiger partial charge is 0.329 e. The summed E-state index contributed by atoms with van der Waals surface area (Å²) in [7, 11) is 0. The van der Waals surface area contributed by atoms with Crippen LogP contribution in [-0.2, 0) is 0 Å². The predicted octanol–water partition coefficient (Wildman–Crippen LogP) is 3.00. The van der Waals surface area contributed by atoms with E-state index in [1.165, 1.54) is 0 Å². The molecular weight excluding hydrogens is 216 g/mol. The van der Waals surface area contributed by atoms with Crippen LogP contribution in [0.25, 0.3) is 0 Å². The molecule has 0 aliphatic carbocycles. The van der Waals surface area contributed by atoms with Gasteiger partial charge in [-0.05, 0) is 17.7 Å². The van der Waals surface area contributed by atoms with Gasteiger partial charge in [-0.1, -0.05) is 23.7 Å². The Morgan fingerprint density at radius 2 is 1.75 bits per heavy atom. The topological polar surface area (TPSA) is 26.0 Å². The molecule has 1 nitrogen and oxygen atoms in total. The van der Waals surface area contributed by atoms with Gasteiger partial charge in [0.05, 0.1) is 5.38 Å². The first-order chi connectivity index (χ1) is 5.24. The van der Waals surface area contributed by atoms with Gasteiger partial charge in [0.15, 0.2) is 0 Å². The highest BCUT2D eigenvalue weighted by Crippen LogP contribution is 2.20. The standard InChI is InChI=1S/C8H9Cl2N.ClH/c9-7-3-1-6(2-4-7)8(10)5-11;/h1-4,8H,5,11H2;1H. The Hall–Kier alpha value is 0.0500. The normalized spacial score (nSPS) is 11.9. The molecule has 0 aliphatic rings. The number of hydrogen-bond donors (Lipinski definition) is 1. The third kappa shape index (κ3) is 3.20. The molecule has 0 saturated heterocycles. The first-order valence-corrected chi connectivity index (χ1v) is 4.15. The summed E-state index contributed by atoms with van der Waals surface area (Å²) in [6.45, 7) is 0.448. The molecule has 0 amide bonds. The second-order valence-corrected chi connectivity index (χ2v) is 3.22. The zero-order valence-electron chi connectivity index (χ0n) is 6.34. The lowest BCUT2D eigenvalue weighted by Crippen LogP contribution is -2.06. The fourth-order valence-electron chi connectivity index (χ4n) is 0.808. The van der Waals surface area contributed by atoms with Crippen LogP contribution in [0.15, 0.2) is 24.3 Å². The molecule has 0 saturated carbocycles. The van der Waals surface area contributed by atoms with E-state index in [0.29, 0.717) is 6.54 Å². The van der Waals surface area contributed by atoms with Crippen molar-refractivity contribution in [1.29, 1.82) is 0 Å². The van der Waals surface area contributed by atoms with Crippen molar-refractivity contribution in [3.05, 3.63) is 34.9 Å². The van der Waals surface area contributed by atoms with E-state index in [1.807, 2.05) is 24.3 Å². The first-order valence-electron chi connectivity index (χ1n) is 3.33. The van der Waals surface area contributed by atoms with E-state index in [9.17, 15) is 0 Å². The van der Waals surface area contributed by atoms with Crippen LogP contribution in [0.2, 0.25) is 5.02 Å². The average molecular weight is 227 g/mol. The van der Waals surface area contributed by atoms with Crippen LogP contribution in [0.5, 0.6) is 0 Å². The predicted molar refractivity (Wildman–Crippen MR) is 56.3 cm³/mol. The molecule has 12 heavy (non-hydrogen) atoms. The lowest BCUT2D eigenvalue weighted by molar-refractivity contribution is 0.930. The monoisotopic (exact) mass is 225 g/mol. The molecule has 2 N–H and O–H groups in total. The lowest BCUT2D eigenvalue weighted by atomic mass is 10.1. The molecular formula is C8H10Cl3N. The van der Waals surface area contributed by atoms with Crippen molar-refractivity contribution in [2.45, 2.75) is 5.38 Å². The Kier molecular flexibility index (Phi) is 5.68. The number of halogens is 3. The quantitative estimate of drug-likeness (QED) is 0.771. The molecule has 1 rings (SSSR count). The van der Waals surface area contributed by atoms with Crippen LogP contribution >= 0.6 is 35.6 Å². The molecule has 0 bridgehead atoms. The Balaban J connectivity index is 0.00000121. The van der Waals surface area contributed by atoms with Crippen molar-refractivity contribution in [1.82, 2.24) is 0 Å². The van der Waals surface area contributed by atoms with E-state index < -0.39 is 0 Å². The van der Waals surface area contributed by atoms with Gasteiger partial charge < -0.3 is 5.73 Å². The van der Waals surface area contributed by atoms with Crippen molar-refractivity contribution >= 4 is 35.6 Å². The minimum atomic E-state index is -0.104. The molecule has 68 valence electrons. The fourth-order valence-corrected chi connectivity index (χ4v) is 1.08. The third-order valence-electron chi connectivity index (χ3n) is 1.44. The van der Waals surface area contributed by atoms with E-state index in [2.05, 4.69) is 0 Å². The lowest BCUT2D eigenvalue weighted by Gasteiger charge is -2.05. The van der Waals surface area contributed by atoms with Crippen LogP contribution in [0.3, 0.4) is 0 Å². The van der Waals surface area contributed by atoms with E-state index >= 15 is 0 Å². The molecule has 1 aromatic carbocycles. The number of benzene rings is 1. The maximum Gasteiger partial charge on any atom is 0.0707 e. The second kappa shape index (κ2) is 5.65. The van der Waals surface area contributed by atoms with Crippen molar-refractivity contribution in [3.63, 3.8) is 0 Å². The molecule has 0 fully saturated rings. The summed E-state index contributed by atoms with van der Waals surface area (Å²) in [4.78, 5) is 0. The van der Waals surface area contributed by atoms with E-state index in [0.717, 1.165) is 10.6 Å². The maximum absolute atomic E-state index is 5.87. The van der Waals surface area contributed by atoms with Crippen LogP contribution in [0.1, 0.15) is 10.9 Å². The van der Waals surface area contributed by atoms with Crippen molar-refractivity contribution in [3.8, 4) is 0 Å². The number of hydrogen-bond acceptors (Lipinski definition) is 1. The first kappa shape index (κ1) is 12.0. The van der Waals surface area contributed by atoms with Crippen molar-refractivity contribution in [2.75, 3.05) is 6.54 Å².